The van der Waals surface area contributed by atoms with E-state index in [1.54, 1.807) is 10.9 Å². The number of alkyl halides is 2. The molecule has 0 bridgehead atoms. The van der Waals surface area contributed by atoms with E-state index in [0.717, 1.165) is 54.2 Å². The molecule has 2 atom stereocenters. The molecule has 2 unspecified atom stereocenters. The van der Waals surface area contributed by atoms with Crippen molar-refractivity contribution >= 4 is 22.8 Å². The summed E-state index contributed by atoms with van der Waals surface area (Å²) in [5, 5.41) is 7.58. The fraction of sp³-hybridized carbons (Fsp3) is 0.423. The third-order valence-corrected chi connectivity index (χ3v) is 7.41. The molecule has 1 saturated carbocycles. The lowest BCUT2D eigenvalue weighted by atomic mass is 10.1. The van der Waals surface area contributed by atoms with Gasteiger partial charge in [-0.3, -0.25) is 9.58 Å². The Morgan fingerprint density at radius 2 is 1.94 bits per heavy atom. The fourth-order valence-electron chi connectivity index (χ4n) is 4.87. The van der Waals surface area contributed by atoms with Gasteiger partial charge in [-0.15, -0.1) is 0 Å². The molecular weight excluding hydrogens is 462 g/mol. The van der Waals surface area contributed by atoms with Gasteiger partial charge < -0.3 is 15.2 Å². The van der Waals surface area contributed by atoms with E-state index >= 15 is 0 Å². The third kappa shape index (κ3) is 4.70. The maximum absolute atomic E-state index is 13.2. The first kappa shape index (κ1) is 23.1. The van der Waals surface area contributed by atoms with Crippen LogP contribution in [0.1, 0.15) is 24.9 Å². The summed E-state index contributed by atoms with van der Waals surface area (Å²) in [4.78, 5) is 17.3. The second kappa shape index (κ2) is 8.94. The van der Waals surface area contributed by atoms with E-state index < -0.39 is 11.8 Å². The number of nitrogens with zero attached hydrogens (tertiary/aromatic N) is 6. The first-order valence-electron chi connectivity index (χ1n) is 12.4. The van der Waals surface area contributed by atoms with Gasteiger partial charge in [0.05, 0.1) is 17.2 Å². The molecule has 8 nitrogen and oxygen atoms in total. The zero-order chi connectivity index (χ0) is 24.9. The number of halogens is 2. The summed E-state index contributed by atoms with van der Waals surface area (Å²) in [6.45, 7) is 6.76. The number of imidazole rings is 1. The van der Waals surface area contributed by atoms with Gasteiger partial charge in [-0.05, 0) is 49.4 Å². The summed E-state index contributed by atoms with van der Waals surface area (Å²) in [5.41, 5.74) is 4.76. The van der Waals surface area contributed by atoms with Crippen molar-refractivity contribution in [1.82, 2.24) is 34.5 Å². The van der Waals surface area contributed by atoms with Crippen molar-refractivity contribution in [1.29, 1.82) is 0 Å². The highest BCUT2D eigenvalue weighted by Crippen LogP contribution is 2.49. The molecule has 0 amide bonds. The van der Waals surface area contributed by atoms with Crippen LogP contribution >= 0.6 is 0 Å². The predicted molar refractivity (Wildman–Crippen MR) is 135 cm³/mol. The van der Waals surface area contributed by atoms with Crippen LogP contribution in [0.15, 0.2) is 48.9 Å². The molecule has 36 heavy (non-hydrogen) atoms. The number of H-pyrrole nitrogens is 1. The highest BCUT2D eigenvalue weighted by Gasteiger charge is 2.56. The van der Waals surface area contributed by atoms with Gasteiger partial charge in [-0.2, -0.15) is 5.10 Å². The lowest BCUT2D eigenvalue weighted by molar-refractivity contribution is 0.0942. The molecule has 1 aliphatic carbocycles. The van der Waals surface area contributed by atoms with Crippen LogP contribution in [0.25, 0.3) is 22.2 Å². The second-order valence-corrected chi connectivity index (χ2v) is 10.0. The molecule has 1 saturated heterocycles. The number of aromatic amines is 1. The molecule has 0 spiro atoms. The first-order chi connectivity index (χ1) is 17.3. The van der Waals surface area contributed by atoms with Gasteiger partial charge in [0.25, 0.3) is 5.92 Å². The minimum Gasteiger partial charge on any atom is -0.324 e. The average Bonchev–Trinajstić information content (AvgIpc) is 3.21. The van der Waals surface area contributed by atoms with E-state index in [1.807, 2.05) is 30.6 Å². The maximum Gasteiger partial charge on any atom is 0.253 e. The number of aromatic nitrogens is 5. The number of anilines is 2. The van der Waals surface area contributed by atoms with Gasteiger partial charge in [-0.1, -0.05) is 6.07 Å². The van der Waals surface area contributed by atoms with Crippen LogP contribution in [0, 0.1) is 5.92 Å². The van der Waals surface area contributed by atoms with E-state index in [4.69, 9.17) is 0 Å². The smallest absolute Gasteiger partial charge is 0.253 e. The van der Waals surface area contributed by atoms with Crippen LogP contribution in [0.5, 0.6) is 0 Å². The van der Waals surface area contributed by atoms with Crippen molar-refractivity contribution in [3.05, 3.63) is 54.5 Å². The molecule has 0 radical (unpaired) electrons. The van der Waals surface area contributed by atoms with Gasteiger partial charge in [-0.25, -0.2) is 18.7 Å². The number of nitrogens with one attached hydrogen (secondary N) is 2. The highest BCUT2D eigenvalue weighted by atomic mass is 19.3. The summed E-state index contributed by atoms with van der Waals surface area (Å²) in [6.07, 6.45) is 5.32. The third-order valence-electron chi connectivity index (χ3n) is 7.41. The van der Waals surface area contributed by atoms with E-state index in [9.17, 15) is 8.78 Å². The molecule has 4 heterocycles. The van der Waals surface area contributed by atoms with E-state index in [0.29, 0.717) is 12.0 Å². The Morgan fingerprint density at radius 1 is 1.14 bits per heavy atom. The van der Waals surface area contributed by atoms with Crippen LogP contribution in [-0.4, -0.2) is 73.7 Å². The van der Waals surface area contributed by atoms with Crippen molar-refractivity contribution < 1.29 is 8.78 Å². The molecule has 3 aromatic heterocycles. The number of piperazine rings is 1. The van der Waals surface area contributed by atoms with Crippen LogP contribution in [0.2, 0.25) is 0 Å². The van der Waals surface area contributed by atoms with Gasteiger partial charge in [0, 0.05) is 69.1 Å². The number of hydrogen-bond acceptors (Lipinski definition) is 6. The number of pyridine rings is 1. The Labute approximate surface area is 208 Å². The Hall–Kier alpha value is -3.37. The first-order valence-corrected chi connectivity index (χ1v) is 12.4. The highest BCUT2D eigenvalue weighted by molar-refractivity contribution is 5.83. The van der Waals surface area contributed by atoms with Crippen molar-refractivity contribution in [3.63, 3.8) is 0 Å². The summed E-state index contributed by atoms with van der Waals surface area (Å²) in [5.74, 6) is -1.79. The van der Waals surface area contributed by atoms with Crippen molar-refractivity contribution in [2.45, 2.75) is 31.9 Å². The molecular formula is C26H30F2N8. The number of benzene rings is 1. The van der Waals surface area contributed by atoms with Crippen LogP contribution in [0.3, 0.4) is 0 Å². The Morgan fingerprint density at radius 3 is 2.72 bits per heavy atom. The van der Waals surface area contributed by atoms with E-state index in [2.05, 4.69) is 61.3 Å². The lowest BCUT2D eigenvalue weighted by Crippen LogP contribution is -2.45. The minimum absolute atomic E-state index is 0.0510. The molecule has 6 rings (SSSR count). The molecule has 4 aromatic rings. The molecule has 1 aliphatic heterocycles. The predicted octanol–water partition coefficient (Wildman–Crippen LogP) is 4.53. The summed E-state index contributed by atoms with van der Waals surface area (Å²) in [7, 11) is 2.17. The number of hydrogen-bond donors (Lipinski definition) is 2. The summed E-state index contributed by atoms with van der Waals surface area (Å²) < 4.78 is 28.1. The van der Waals surface area contributed by atoms with E-state index in [-0.39, 0.29) is 13.0 Å². The quantitative estimate of drug-likeness (QED) is 0.395. The molecule has 2 N–H and O–H groups in total. The topological polar surface area (TPSA) is 77.9 Å². The number of likely N-dealkylation sites (N-methyl/N-ethyl adjacent to an activating group) is 1. The molecule has 1 aromatic carbocycles. The zero-order valence-corrected chi connectivity index (χ0v) is 20.5. The Bertz CT molecular complexity index is 1370. The molecule has 2 aliphatic rings. The zero-order valence-electron chi connectivity index (χ0n) is 20.5. The SMILES string of the molecule is CC(c1ccnc(Nc2nc3ccc(-c4cnn(CC5CC5(F)F)c4)cc3[nH]2)c1)N1CCN(C)CC1. The van der Waals surface area contributed by atoms with Crippen molar-refractivity contribution in [2.75, 3.05) is 38.5 Å². The van der Waals surface area contributed by atoms with E-state index in [1.165, 1.54) is 5.56 Å². The number of rotatable bonds is 7. The maximum atomic E-state index is 13.2. The van der Waals surface area contributed by atoms with Crippen LogP contribution in [-0.2, 0) is 6.54 Å². The van der Waals surface area contributed by atoms with Crippen LogP contribution < -0.4 is 5.32 Å². The summed E-state index contributed by atoms with van der Waals surface area (Å²) >= 11 is 0. The monoisotopic (exact) mass is 492 g/mol. The standard InChI is InChI=1S/C26H30F2N8/c1-17(35-9-7-34(2)8-10-35)18-5-6-29-24(12-18)33-25-31-22-4-3-19(11-23(22)32-25)20-14-30-36(15-20)16-21-13-26(21,27)28/h3-6,11-12,14-15,17,21H,7-10,13,16H2,1-2H3,(H2,29,31,32,33). The minimum atomic E-state index is -2.54. The molecule has 188 valence electrons. The lowest BCUT2D eigenvalue weighted by Gasteiger charge is -2.36. The second-order valence-electron chi connectivity index (χ2n) is 10.0. The Balaban J connectivity index is 1.16. The van der Waals surface area contributed by atoms with Crippen molar-refractivity contribution in [3.8, 4) is 11.1 Å². The molecule has 2 fully saturated rings. The molecule has 10 heteroatoms. The fourth-order valence-corrected chi connectivity index (χ4v) is 4.87. The van der Waals surface area contributed by atoms with Gasteiger partial charge in [0.2, 0.25) is 5.95 Å². The largest absolute Gasteiger partial charge is 0.324 e. The normalized spacial score (nSPS) is 21.1. The Kier molecular flexibility index (Phi) is 5.72. The van der Waals surface area contributed by atoms with Crippen LogP contribution in [0.4, 0.5) is 20.5 Å². The van der Waals surface area contributed by atoms with Gasteiger partial charge in [0.15, 0.2) is 0 Å². The van der Waals surface area contributed by atoms with Crippen molar-refractivity contribution in [2.24, 2.45) is 5.92 Å². The van der Waals surface area contributed by atoms with Gasteiger partial charge >= 0.3 is 0 Å². The summed E-state index contributed by atoms with van der Waals surface area (Å²) in [6, 6.07) is 10.4. The average molecular weight is 493 g/mol. The number of fused-ring (bicyclic) bond motifs is 1. The van der Waals surface area contributed by atoms with Gasteiger partial charge in [0.1, 0.15) is 5.82 Å².